The Labute approximate surface area is 393 Å². The molecule has 1 amide bonds. The summed E-state index contributed by atoms with van der Waals surface area (Å²) in [6.45, 7) is 13.6. The summed E-state index contributed by atoms with van der Waals surface area (Å²) in [6, 6.07) is 15.9. The van der Waals surface area contributed by atoms with Gasteiger partial charge in [-0.25, -0.2) is 14.5 Å². The SMILES string of the molecule is C=CC1C(C(=O)Nc2nc3ncc(CNc4ccc(C(C)=O)cc4)nc3c(=O)[nH]2)CC(C=O)N1Cc1ccccc1.CC(CCC(=O)O)C(=O)O.CCOP(=O)(OCC)OCCCCOC(C)=O. The van der Waals surface area contributed by atoms with Gasteiger partial charge in [-0.1, -0.05) is 43.3 Å². The van der Waals surface area contributed by atoms with Crippen LogP contribution in [0.2, 0.25) is 0 Å². The van der Waals surface area contributed by atoms with Crippen LogP contribution in [0.4, 0.5) is 11.6 Å². The van der Waals surface area contributed by atoms with Gasteiger partial charge in [-0.2, -0.15) is 4.98 Å². The molecule has 368 valence electrons. The van der Waals surface area contributed by atoms with Gasteiger partial charge in [0.2, 0.25) is 11.9 Å². The molecular weight excluding hydrogens is 906 g/mol. The second-order valence-electron chi connectivity index (χ2n) is 15.2. The van der Waals surface area contributed by atoms with Crippen LogP contribution in [0.3, 0.4) is 0 Å². The number of nitrogens with one attached hydrogen (secondary N) is 3. The minimum Gasteiger partial charge on any atom is -0.481 e. The van der Waals surface area contributed by atoms with E-state index in [1.54, 1.807) is 44.2 Å². The van der Waals surface area contributed by atoms with E-state index in [4.69, 9.17) is 28.5 Å². The molecule has 0 spiro atoms. The highest BCUT2D eigenvalue weighted by Gasteiger charge is 2.43. The molecule has 0 aliphatic carbocycles. The van der Waals surface area contributed by atoms with E-state index in [2.05, 4.69) is 37.1 Å². The predicted molar refractivity (Wildman–Crippen MR) is 251 cm³/mol. The van der Waals surface area contributed by atoms with Crippen LogP contribution in [0.25, 0.3) is 11.2 Å². The lowest BCUT2D eigenvalue weighted by molar-refractivity contribution is -0.143. The number of aromatic amines is 1. The van der Waals surface area contributed by atoms with Crippen molar-refractivity contribution in [1.29, 1.82) is 0 Å². The number of aldehydes is 1. The summed E-state index contributed by atoms with van der Waals surface area (Å²) in [5, 5.41) is 22.3. The Kier molecular flexibility index (Phi) is 23.5. The molecule has 4 atom stereocenters. The summed E-state index contributed by atoms with van der Waals surface area (Å²) in [5.41, 5.74) is 2.50. The Hall–Kier alpha value is -6.51. The number of fused-ring (bicyclic) bond motifs is 1. The lowest BCUT2D eigenvalue weighted by atomic mass is 9.98. The van der Waals surface area contributed by atoms with Crippen molar-refractivity contribution in [2.24, 2.45) is 11.8 Å². The molecule has 5 N–H and O–H groups in total. The summed E-state index contributed by atoms with van der Waals surface area (Å²) >= 11 is 0. The summed E-state index contributed by atoms with van der Waals surface area (Å²) in [7, 11) is -3.39. The van der Waals surface area contributed by atoms with Crippen molar-refractivity contribution in [1.82, 2.24) is 24.8 Å². The second kappa shape index (κ2) is 28.6. The maximum Gasteiger partial charge on any atom is 0.474 e. The van der Waals surface area contributed by atoms with E-state index in [-0.39, 0.29) is 73.5 Å². The van der Waals surface area contributed by atoms with E-state index in [0.717, 1.165) is 17.5 Å². The number of phosphoric acid groups is 1. The highest BCUT2D eigenvalue weighted by atomic mass is 31.2. The summed E-state index contributed by atoms with van der Waals surface area (Å²) < 4.78 is 31.5. The number of carbonyl (C=O) groups excluding carboxylic acids is 4. The second-order valence-corrected chi connectivity index (χ2v) is 16.9. The number of aromatic nitrogens is 4. The maximum absolute atomic E-state index is 13.3. The zero-order valence-corrected chi connectivity index (χ0v) is 39.6. The summed E-state index contributed by atoms with van der Waals surface area (Å²) in [5.74, 6) is -3.78. The molecule has 1 fully saturated rings. The van der Waals surface area contributed by atoms with Gasteiger partial charge in [0.15, 0.2) is 16.9 Å². The van der Waals surface area contributed by atoms with Crippen LogP contribution in [-0.2, 0) is 59.9 Å². The number of Topliss-reactive ketones (excluding diaryl/α,β-unsaturated/α-hetero) is 1. The van der Waals surface area contributed by atoms with Gasteiger partial charge in [0, 0.05) is 37.2 Å². The number of ketones is 1. The molecule has 1 saturated heterocycles. The average molecular weight is 966 g/mol. The quantitative estimate of drug-likeness (QED) is 0.0130. The van der Waals surface area contributed by atoms with Gasteiger partial charge in [-0.15, -0.1) is 6.58 Å². The van der Waals surface area contributed by atoms with Crippen molar-refractivity contribution in [2.75, 3.05) is 37.1 Å². The number of esters is 1. The predicted octanol–water partition coefficient (Wildman–Crippen LogP) is 6.21. The summed E-state index contributed by atoms with van der Waals surface area (Å²) in [6.07, 6.45) is 5.73. The fraction of sp³-hybridized carbons (Fsp3) is 0.435. The molecule has 2 aromatic carbocycles. The Bertz CT molecular complexity index is 2410. The van der Waals surface area contributed by atoms with Crippen molar-refractivity contribution >= 4 is 66.5 Å². The molecule has 68 heavy (non-hydrogen) atoms. The van der Waals surface area contributed by atoms with Gasteiger partial charge in [0.25, 0.3) is 5.56 Å². The maximum atomic E-state index is 13.3. The molecule has 1 aliphatic heterocycles. The molecule has 0 saturated carbocycles. The van der Waals surface area contributed by atoms with E-state index in [9.17, 15) is 38.1 Å². The molecule has 21 nitrogen and oxygen atoms in total. The van der Waals surface area contributed by atoms with Crippen LogP contribution in [0.1, 0.15) is 88.3 Å². The van der Waals surface area contributed by atoms with E-state index >= 15 is 0 Å². The largest absolute Gasteiger partial charge is 0.481 e. The first-order chi connectivity index (χ1) is 32.4. The van der Waals surface area contributed by atoms with Crippen LogP contribution in [0, 0.1) is 11.8 Å². The molecule has 22 heteroatoms. The lowest BCUT2D eigenvalue weighted by Crippen LogP contribution is -2.39. The molecular formula is C46H60N7O14P. The Morgan fingerprint density at radius 1 is 0.971 bits per heavy atom. The highest BCUT2D eigenvalue weighted by Crippen LogP contribution is 2.49. The molecule has 1 aliphatic rings. The Balaban J connectivity index is 0.000000374. The Morgan fingerprint density at radius 3 is 2.21 bits per heavy atom. The van der Waals surface area contributed by atoms with Gasteiger partial charge >= 0.3 is 25.7 Å². The number of ether oxygens (including phenoxy) is 1. The van der Waals surface area contributed by atoms with Crippen LogP contribution in [0.5, 0.6) is 0 Å². The van der Waals surface area contributed by atoms with Crippen molar-refractivity contribution in [3.05, 3.63) is 101 Å². The molecule has 2 aromatic heterocycles. The first-order valence-electron chi connectivity index (χ1n) is 21.8. The summed E-state index contributed by atoms with van der Waals surface area (Å²) in [4.78, 5) is 97.4. The number of anilines is 2. The monoisotopic (exact) mass is 965 g/mol. The number of phosphoric ester groups is 1. The van der Waals surface area contributed by atoms with Crippen LogP contribution in [0.15, 0.2) is 78.2 Å². The van der Waals surface area contributed by atoms with Crippen LogP contribution in [-0.4, -0.2) is 109 Å². The topological polar surface area (TPSA) is 296 Å². The number of carboxylic acid groups (broad SMARTS) is 2. The number of H-pyrrole nitrogens is 1. The smallest absolute Gasteiger partial charge is 0.474 e. The third-order valence-corrected chi connectivity index (χ3v) is 11.7. The fourth-order valence-electron chi connectivity index (χ4n) is 6.51. The van der Waals surface area contributed by atoms with E-state index in [1.807, 2.05) is 35.2 Å². The van der Waals surface area contributed by atoms with Crippen molar-refractivity contribution in [2.45, 2.75) is 91.9 Å². The van der Waals surface area contributed by atoms with Crippen LogP contribution >= 0.6 is 7.82 Å². The number of nitrogens with zero attached hydrogens (tertiary/aromatic N) is 4. The van der Waals surface area contributed by atoms with Crippen LogP contribution < -0.4 is 16.2 Å². The van der Waals surface area contributed by atoms with Gasteiger partial charge in [0.05, 0.1) is 62.7 Å². The molecule has 5 rings (SSSR count). The van der Waals surface area contributed by atoms with E-state index in [1.165, 1.54) is 27.0 Å². The number of aliphatic carboxylic acids is 2. The zero-order chi connectivity index (χ0) is 50.2. The number of carboxylic acids is 2. The zero-order valence-electron chi connectivity index (χ0n) is 38.8. The van der Waals surface area contributed by atoms with Crippen molar-refractivity contribution in [3.63, 3.8) is 0 Å². The Morgan fingerprint density at radius 2 is 1.63 bits per heavy atom. The number of benzene rings is 2. The van der Waals surface area contributed by atoms with E-state index in [0.29, 0.717) is 50.2 Å². The third kappa shape index (κ3) is 18.6. The molecule has 3 heterocycles. The standard InChI is InChI=1S/C30H29N7O4.C10H21O6P.C6H10O4/c1-3-25-24(13-23(17-38)37(25)16-19-7-5-4-6-8-19)28(40)35-30-34-27-26(29(41)36-30)33-22(15-32-27)14-31-21-11-9-20(10-12-21)18(2)39;1-4-14-17(12,15-5-2)16-9-7-6-8-13-10(3)11;1-4(6(9)10)2-3-5(7)8/h3-12,15,17,23-25,31H,1,13-14,16H2,2H3,(H2,32,34,35,36,40,41);4-9H2,1-3H3;4H,2-3H2,1H3,(H,7,8)(H,9,10). The van der Waals surface area contributed by atoms with E-state index < -0.39 is 43.2 Å². The minimum atomic E-state index is -3.39. The molecule has 0 bridgehead atoms. The van der Waals surface area contributed by atoms with Gasteiger partial charge in [0.1, 0.15) is 6.29 Å². The molecule has 4 aromatic rings. The third-order valence-electron chi connectivity index (χ3n) is 10.0. The lowest BCUT2D eigenvalue weighted by Gasteiger charge is -2.27. The number of rotatable bonds is 24. The normalized spacial score (nSPS) is 15.9. The number of amides is 1. The average Bonchev–Trinajstić information content (AvgIpc) is 3.66. The van der Waals surface area contributed by atoms with Crippen molar-refractivity contribution in [3.8, 4) is 0 Å². The minimum absolute atomic E-state index is 0.0156. The molecule has 4 unspecified atom stereocenters. The fourth-order valence-corrected chi connectivity index (χ4v) is 7.72. The number of hydrogen-bond acceptors (Lipinski definition) is 17. The van der Waals surface area contributed by atoms with Crippen molar-refractivity contribution < 1.29 is 61.9 Å². The van der Waals surface area contributed by atoms with Gasteiger partial charge in [-0.05, 0) is 76.3 Å². The first kappa shape index (κ1) is 55.8. The molecule has 0 radical (unpaired) electrons. The number of carbonyl (C=O) groups is 6. The number of hydrogen-bond donors (Lipinski definition) is 5. The first-order valence-corrected chi connectivity index (χ1v) is 23.3. The number of likely N-dealkylation sites (tertiary alicyclic amines) is 1. The van der Waals surface area contributed by atoms with Gasteiger partial charge in [-0.3, -0.25) is 57.5 Å². The highest BCUT2D eigenvalue weighted by molar-refractivity contribution is 7.48. The van der Waals surface area contributed by atoms with Gasteiger partial charge < -0.3 is 25.1 Å². The number of unbranched alkanes of at least 4 members (excludes halogenated alkanes) is 1.